The van der Waals surface area contributed by atoms with Gasteiger partial charge in [-0.3, -0.25) is 20.4 Å². The number of nitriles is 1. The fraction of sp³-hybridized carbons (Fsp3) is 0.471. The largest absolute Gasteiger partial charge is 0.484 e. The molecule has 0 radical (unpaired) electrons. The highest BCUT2D eigenvalue weighted by molar-refractivity contribution is 5.82. The number of hydrazine groups is 1. The first-order valence-electron chi connectivity index (χ1n) is 7.88. The first kappa shape index (κ1) is 16.8. The van der Waals surface area contributed by atoms with E-state index in [1.165, 1.54) is 25.7 Å². The molecule has 122 valence electrons. The number of amides is 2. The Hall–Kier alpha value is -2.55. The van der Waals surface area contributed by atoms with Crippen molar-refractivity contribution in [3.8, 4) is 11.8 Å². The Morgan fingerprint density at radius 2 is 1.78 bits per heavy atom. The summed E-state index contributed by atoms with van der Waals surface area (Å²) in [5.41, 5.74) is 5.26. The van der Waals surface area contributed by atoms with Crippen LogP contribution in [0.15, 0.2) is 24.3 Å². The van der Waals surface area contributed by atoms with Crippen molar-refractivity contribution >= 4 is 11.8 Å². The summed E-state index contributed by atoms with van der Waals surface area (Å²) in [7, 11) is 0. The van der Waals surface area contributed by atoms with Crippen LogP contribution in [0.4, 0.5) is 0 Å². The Kier molecular flexibility index (Phi) is 6.42. The Labute approximate surface area is 135 Å². The lowest BCUT2D eigenvalue weighted by molar-refractivity contribution is -0.130. The molecule has 0 heterocycles. The van der Waals surface area contributed by atoms with E-state index in [4.69, 9.17) is 10.00 Å². The van der Waals surface area contributed by atoms with Crippen molar-refractivity contribution in [1.82, 2.24) is 10.9 Å². The standard InChI is InChI=1S/C17H21N3O3/c18-11-14-5-8-15(9-6-14)23-12-17(22)20-19-16(21)10-7-13-3-1-2-4-13/h5-6,8-9,13H,1-4,7,10,12H2,(H,19,21)(H,20,22). The summed E-state index contributed by atoms with van der Waals surface area (Å²) >= 11 is 0. The van der Waals surface area contributed by atoms with Gasteiger partial charge in [-0.1, -0.05) is 25.7 Å². The molecule has 1 aromatic carbocycles. The fourth-order valence-corrected chi connectivity index (χ4v) is 2.65. The van der Waals surface area contributed by atoms with E-state index >= 15 is 0 Å². The molecule has 23 heavy (non-hydrogen) atoms. The molecular formula is C17H21N3O3. The second kappa shape index (κ2) is 8.79. The number of nitrogens with one attached hydrogen (secondary N) is 2. The molecule has 1 saturated carbocycles. The smallest absolute Gasteiger partial charge is 0.276 e. The number of nitrogens with zero attached hydrogens (tertiary/aromatic N) is 1. The molecule has 1 fully saturated rings. The first-order chi connectivity index (χ1) is 11.2. The number of hydrogen-bond donors (Lipinski definition) is 2. The third-order valence-electron chi connectivity index (χ3n) is 3.95. The van der Waals surface area contributed by atoms with Crippen LogP contribution in [0.3, 0.4) is 0 Å². The third kappa shape index (κ3) is 5.99. The van der Waals surface area contributed by atoms with Crippen molar-refractivity contribution in [2.45, 2.75) is 38.5 Å². The van der Waals surface area contributed by atoms with Crippen molar-refractivity contribution in [2.24, 2.45) is 5.92 Å². The number of carbonyl (C=O) groups is 2. The summed E-state index contributed by atoms with van der Waals surface area (Å²) in [6.07, 6.45) is 6.24. The van der Waals surface area contributed by atoms with Gasteiger partial charge >= 0.3 is 0 Å². The van der Waals surface area contributed by atoms with Crippen molar-refractivity contribution in [3.63, 3.8) is 0 Å². The monoisotopic (exact) mass is 315 g/mol. The summed E-state index contributed by atoms with van der Waals surface area (Å²) in [6.45, 7) is -0.200. The minimum atomic E-state index is -0.427. The van der Waals surface area contributed by atoms with Gasteiger partial charge in [0.05, 0.1) is 11.6 Å². The average Bonchev–Trinajstić information content (AvgIpc) is 3.10. The molecule has 0 spiro atoms. The van der Waals surface area contributed by atoms with E-state index in [-0.39, 0.29) is 12.5 Å². The van der Waals surface area contributed by atoms with Crippen LogP contribution in [0.2, 0.25) is 0 Å². The predicted octanol–water partition coefficient (Wildman–Crippen LogP) is 2.05. The zero-order valence-corrected chi connectivity index (χ0v) is 13.0. The van der Waals surface area contributed by atoms with Crippen LogP contribution in [0, 0.1) is 17.2 Å². The van der Waals surface area contributed by atoms with E-state index in [9.17, 15) is 9.59 Å². The Morgan fingerprint density at radius 3 is 2.43 bits per heavy atom. The highest BCUT2D eigenvalue weighted by atomic mass is 16.5. The maximum absolute atomic E-state index is 11.7. The van der Waals surface area contributed by atoms with Crippen LogP contribution < -0.4 is 15.6 Å². The highest BCUT2D eigenvalue weighted by Crippen LogP contribution is 2.28. The molecule has 0 unspecified atom stereocenters. The van der Waals surface area contributed by atoms with Gasteiger partial charge in [0.25, 0.3) is 5.91 Å². The second-order valence-electron chi connectivity index (χ2n) is 5.71. The molecule has 6 nitrogen and oxygen atoms in total. The molecular weight excluding hydrogens is 294 g/mol. The molecule has 1 aliphatic carbocycles. The molecule has 1 aliphatic rings. The molecule has 0 saturated heterocycles. The lowest BCUT2D eigenvalue weighted by Gasteiger charge is -2.10. The van der Waals surface area contributed by atoms with Crippen molar-refractivity contribution < 1.29 is 14.3 Å². The number of rotatable bonds is 6. The minimum absolute atomic E-state index is 0.177. The van der Waals surface area contributed by atoms with Gasteiger partial charge in [0, 0.05) is 6.42 Å². The van der Waals surface area contributed by atoms with E-state index in [1.807, 2.05) is 6.07 Å². The van der Waals surface area contributed by atoms with Crippen LogP contribution in [-0.2, 0) is 9.59 Å². The van der Waals surface area contributed by atoms with Crippen LogP contribution in [0.1, 0.15) is 44.1 Å². The highest BCUT2D eigenvalue weighted by Gasteiger charge is 2.16. The van der Waals surface area contributed by atoms with Crippen molar-refractivity contribution in [1.29, 1.82) is 5.26 Å². The molecule has 2 rings (SSSR count). The van der Waals surface area contributed by atoms with Crippen LogP contribution in [0.5, 0.6) is 5.75 Å². The zero-order chi connectivity index (χ0) is 16.5. The van der Waals surface area contributed by atoms with E-state index in [2.05, 4.69) is 10.9 Å². The molecule has 0 atom stereocenters. The average molecular weight is 315 g/mol. The number of ether oxygens (including phenoxy) is 1. The van der Waals surface area contributed by atoms with Gasteiger partial charge in [0.2, 0.25) is 5.91 Å². The van der Waals surface area contributed by atoms with E-state index in [0.717, 1.165) is 6.42 Å². The lowest BCUT2D eigenvalue weighted by Crippen LogP contribution is -2.43. The summed E-state index contributed by atoms with van der Waals surface area (Å²) in [6, 6.07) is 8.45. The lowest BCUT2D eigenvalue weighted by atomic mass is 10.0. The van der Waals surface area contributed by atoms with Crippen LogP contribution in [-0.4, -0.2) is 18.4 Å². The summed E-state index contributed by atoms with van der Waals surface area (Å²) in [4.78, 5) is 23.3. The van der Waals surface area contributed by atoms with E-state index < -0.39 is 5.91 Å². The molecule has 0 bridgehead atoms. The van der Waals surface area contributed by atoms with Gasteiger partial charge in [0.15, 0.2) is 6.61 Å². The van der Waals surface area contributed by atoms with Crippen LogP contribution >= 0.6 is 0 Å². The molecule has 6 heteroatoms. The van der Waals surface area contributed by atoms with Crippen molar-refractivity contribution in [3.05, 3.63) is 29.8 Å². The Morgan fingerprint density at radius 1 is 1.13 bits per heavy atom. The number of hydrogen-bond acceptors (Lipinski definition) is 4. The Balaban J connectivity index is 1.60. The number of benzene rings is 1. The third-order valence-corrected chi connectivity index (χ3v) is 3.95. The topological polar surface area (TPSA) is 91.2 Å². The summed E-state index contributed by atoms with van der Waals surface area (Å²) in [5, 5.41) is 8.69. The number of carbonyl (C=O) groups excluding carboxylic acids is 2. The molecule has 2 N–H and O–H groups in total. The minimum Gasteiger partial charge on any atom is -0.484 e. The van der Waals surface area contributed by atoms with E-state index in [0.29, 0.717) is 23.7 Å². The first-order valence-corrected chi connectivity index (χ1v) is 7.88. The maximum Gasteiger partial charge on any atom is 0.276 e. The van der Waals surface area contributed by atoms with Gasteiger partial charge in [0.1, 0.15) is 5.75 Å². The summed E-state index contributed by atoms with van der Waals surface area (Å²) < 4.78 is 5.27. The second-order valence-corrected chi connectivity index (χ2v) is 5.71. The maximum atomic E-state index is 11.7. The van der Waals surface area contributed by atoms with Crippen LogP contribution in [0.25, 0.3) is 0 Å². The van der Waals surface area contributed by atoms with Gasteiger partial charge in [-0.15, -0.1) is 0 Å². The Bertz CT molecular complexity index is 572. The van der Waals surface area contributed by atoms with E-state index in [1.54, 1.807) is 24.3 Å². The molecule has 0 aliphatic heterocycles. The van der Waals surface area contributed by atoms with Gasteiger partial charge < -0.3 is 4.74 Å². The zero-order valence-electron chi connectivity index (χ0n) is 13.0. The van der Waals surface area contributed by atoms with Crippen molar-refractivity contribution in [2.75, 3.05) is 6.61 Å². The molecule has 0 aromatic heterocycles. The predicted molar refractivity (Wildman–Crippen MR) is 84.1 cm³/mol. The fourth-order valence-electron chi connectivity index (χ4n) is 2.65. The quantitative estimate of drug-likeness (QED) is 0.786. The van der Waals surface area contributed by atoms with Gasteiger partial charge in [-0.05, 0) is 36.6 Å². The normalized spacial score (nSPS) is 14.0. The van der Waals surface area contributed by atoms with Gasteiger partial charge in [-0.25, -0.2) is 0 Å². The van der Waals surface area contributed by atoms with Gasteiger partial charge in [-0.2, -0.15) is 5.26 Å². The SMILES string of the molecule is N#Cc1ccc(OCC(=O)NNC(=O)CCC2CCCC2)cc1. The summed E-state index contributed by atoms with van der Waals surface area (Å²) in [5.74, 6) is 0.537. The molecule has 2 amide bonds. The molecule has 1 aromatic rings.